The van der Waals surface area contributed by atoms with Gasteiger partial charge in [-0.1, -0.05) is 26.0 Å². The predicted molar refractivity (Wildman–Crippen MR) is 109 cm³/mol. The average Bonchev–Trinajstić information content (AvgIpc) is 2.70. The monoisotopic (exact) mass is 413 g/mol. The highest BCUT2D eigenvalue weighted by Gasteiger charge is 2.47. The summed E-state index contributed by atoms with van der Waals surface area (Å²) < 4.78 is 10.3. The molecule has 1 aromatic carbocycles. The summed E-state index contributed by atoms with van der Waals surface area (Å²) in [7, 11) is 1.26. The van der Waals surface area contributed by atoms with Crippen LogP contribution in [0.15, 0.2) is 46.8 Å². The van der Waals surface area contributed by atoms with Gasteiger partial charge in [0.1, 0.15) is 11.7 Å². The van der Waals surface area contributed by atoms with Crippen molar-refractivity contribution in [1.82, 2.24) is 5.32 Å². The molecule has 3 rings (SSSR count). The normalized spacial score (nSPS) is 23.6. The molecule has 0 spiro atoms. The number of aromatic hydroxyl groups is 1. The van der Waals surface area contributed by atoms with Crippen molar-refractivity contribution in [3.63, 3.8) is 0 Å². The SMILES string of the molecule is CCCOC(=O)C1=C(C)NC2=C(C(=O)[C@@H](C(=O)OC)[C@H](C)C2)[C@H]1c1cccc(O)c1. The fourth-order valence-electron chi connectivity index (χ4n) is 4.26. The number of hydrogen-bond acceptors (Lipinski definition) is 7. The molecule has 1 aliphatic carbocycles. The number of esters is 2. The maximum absolute atomic E-state index is 13.5. The molecule has 3 atom stereocenters. The van der Waals surface area contributed by atoms with Gasteiger partial charge in [0.25, 0.3) is 0 Å². The van der Waals surface area contributed by atoms with Gasteiger partial charge in [-0.3, -0.25) is 9.59 Å². The van der Waals surface area contributed by atoms with Crippen LogP contribution in [0.1, 0.15) is 45.1 Å². The van der Waals surface area contributed by atoms with E-state index in [1.165, 1.54) is 19.2 Å². The van der Waals surface area contributed by atoms with Crippen LogP contribution in [0.5, 0.6) is 5.75 Å². The molecule has 1 aliphatic heterocycles. The molecule has 0 saturated heterocycles. The van der Waals surface area contributed by atoms with E-state index in [4.69, 9.17) is 9.47 Å². The van der Waals surface area contributed by atoms with Crippen LogP contribution in [0.25, 0.3) is 0 Å². The number of rotatable bonds is 5. The fourth-order valence-corrected chi connectivity index (χ4v) is 4.26. The van der Waals surface area contributed by atoms with Crippen LogP contribution in [0.3, 0.4) is 0 Å². The Hall–Kier alpha value is -3.09. The van der Waals surface area contributed by atoms with Gasteiger partial charge >= 0.3 is 11.9 Å². The Morgan fingerprint density at radius 3 is 2.67 bits per heavy atom. The lowest BCUT2D eigenvalue weighted by Crippen LogP contribution is -2.43. The summed E-state index contributed by atoms with van der Waals surface area (Å²) in [6, 6.07) is 6.46. The second kappa shape index (κ2) is 8.73. The Kier molecular flexibility index (Phi) is 6.29. The van der Waals surface area contributed by atoms with E-state index in [1.54, 1.807) is 19.1 Å². The van der Waals surface area contributed by atoms with E-state index in [1.807, 2.05) is 13.8 Å². The first-order valence-corrected chi connectivity index (χ1v) is 10.1. The smallest absolute Gasteiger partial charge is 0.336 e. The molecule has 0 saturated carbocycles. The number of ether oxygens (including phenoxy) is 2. The molecule has 0 amide bonds. The van der Waals surface area contributed by atoms with E-state index in [2.05, 4.69) is 5.32 Å². The van der Waals surface area contributed by atoms with Gasteiger partial charge in [0.2, 0.25) is 0 Å². The minimum Gasteiger partial charge on any atom is -0.508 e. The summed E-state index contributed by atoms with van der Waals surface area (Å²) in [6.45, 7) is 5.75. The molecule has 0 fully saturated rings. The van der Waals surface area contributed by atoms with Gasteiger partial charge in [0.15, 0.2) is 5.78 Å². The molecule has 1 heterocycles. The predicted octanol–water partition coefficient (Wildman–Crippen LogP) is 2.96. The highest BCUT2D eigenvalue weighted by Crippen LogP contribution is 2.45. The third kappa shape index (κ3) is 3.84. The molecule has 0 bridgehead atoms. The highest BCUT2D eigenvalue weighted by molar-refractivity contribution is 6.12. The zero-order chi connectivity index (χ0) is 22.0. The summed E-state index contributed by atoms with van der Waals surface area (Å²) in [4.78, 5) is 38.8. The number of Topliss-reactive ketones (excluding diaryl/α,β-unsaturated/α-hetero) is 1. The van der Waals surface area contributed by atoms with E-state index in [0.717, 1.165) is 0 Å². The molecule has 160 valence electrons. The van der Waals surface area contributed by atoms with Crippen molar-refractivity contribution >= 4 is 17.7 Å². The molecular weight excluding hydrogens is 386 g/mol. The van der Waals surface area contributed by atoms with Gasteiger partial charge in [-0.2, -0.15) is 0 Å². The minimum absolute atomic E-state index is 0.0215. The molecule has 2 aliphatic rings. The van der Waals surface area contributed by atoms with E-state index < -0.39 is 23.8 Å². The van der Waals surface area contributed by atoms with Crippen LogP contribution < -0.4 is 5.32 Å². The van der Waals surface area contributed by atoms with Crippen LogP contribution in [-0.4, -0.2) is 36.5 Å². The number of dihydropyridines is 1. The van der Waals surface area contributed by atoms with E-state index in [0.29, 0.717) is 40.9 Å². The number of phenolic OH excluding ortho intramolecular Hbond substituents is 1. The van der Waals surface area contributed by atoms with Crippen molar-refractivity contribution in [2.75, 3.05) is 13.7 Å². The number of phenols is 1. The lowest BCUT2D eigenvalue weighted by Gasteiger charge is -2.38. The van der Waals surface area contributed by atoms with Gasteiger partial charge in [-0.05, 0) is 43.4 Å². The zero-order valence-electron chi connectivity index (χ0n) is 17.7. The number of nitrogens with one attached hydrogen (secondary N) is 1. The van der Waals surface area contributed by atoms with Crippen LogP contribution in [0.2, 0.25) is 0 Å². The van der Waals surface area contributed by atoms with Crippen LogP contribution in [0, 0.1) is 11.8 Å². The van der Waals surface area contributed by atoms with Crippen molar-refractivity contribution in [3.8, 4) is 5.75 Å². The number of carbonyl (C=O) groups is 3. The van der Waals surface area contributed by atoms with Crippen LogP contribution in [0.4, 0.5) is 0 Å². The molecule has 1 aromatic rings. The molecule has 30 heavy (non-hydrogen) atoms. The first-order chi connectivity index (χ1) is 14.3. The Morgan fingerprint density at radius 1 is 1.30 bits per heavy atom. The van der Waals surface area contributed by atoms with Crippen molar-refractivity contribution in [2.45, 2.75) is 39.5 Å². The summed E-state index contributed by atoms with van der Waals surface area (Å²) in [5.41, 5.74) is 2.52. The van der Waals surface area contributed by atoms with Crippen LogP contribution >= 0.6 is 0 Å². The fraction of sp³-hybridized carbons (Fsp3) is 0.435. The summed E-state index contributed by atoms with van der Waals surface area (Å²) in [5.74, 6) is -3.40. The van der Waals surface area contributed by atoms with Crippen molar-refractivity contribution < 1.29 is 29.0 Å². The Morgan fingerprint density at radius 2 is 2.03 bits per heavy atom. The van der Waals surface area contributed by atoms with Gasteiger partial charge in [-0.15, -0.1) is 0 Å². The summed E-state index contributed by atoms with van der Waals surface area (Å²) in [6.07, 6.45) is 1.13. The third-order valence-electron chi connectivity index (χ3n) is 5.60. The summed E-state index contributed by atoms with van der Waals surface area (Å²) in [5, 5.41) is 13.2. The maximum Gasteiger partial charge on any atom is 0.336 e. The first-order valence-electron chi connectivity index (χ1n) is 10.1. The number of carbonyl (C=O) groups excluding carboxylic acids is 3. The maximum atomic E-state index is 13.5. The minimum atomic E-state index is -0.943. The van der Waals surface area contributed by atoms with Gasteiger partial charge in [-0.25, -0.2) is 4.79 Å². The number of benzene rings is 1. The Bertz CT molecular complexity index is 945. The summed E-state index contributed by atoms with van der Waals surface area (Å²) >= 11 is 0. The van der Waals surface area contributed by atoms with E-state index in [9.17, 15) is 19.5 Å². The van der Waals surface area contributed by atoms with E-state index >= 15 is 0 Å². The number of methoxy groups -OCH3 is 1. The number of ketones is 1. The van der Waals surface area contributed by atoms with E-state index in [-0.39, 0.29) is 24.1 Å². The van der Waals surface area contributed by atoms with Gasteiger partial charge in [0.05, 0.1) is 19.3 Å². The largest absolute Gasteiger partial charge is 0.508 e. The number of allylic oxidation sites excluding steroid dienone is 3. The lowest BCUT2D eigenvalue weighted by atomic mass is 9.69. The van der Waals surface area contributed by atoms with Crippen molar-refractivity contribution in [1.29, 1.82) is 0 Å². The van der Waals surface area contributed by atoms with Crippen LogP contribution in [-0.2, 0) is 23.9 Å². The average molecular weight is 413 g/mol. The molecule has 0 aromatic heterocycles. The third-order valence-corrected chi connectivity index (χ3v) is 5.60. The topological polar surface area (TPSA) is 102 Å². The second-order valence-corrected chi connectivity index (χ2v) is 7.77. The lowest BCUT2D eigenvalue weighted by molar-refractivity contribution is -0.151. The first kappa shape index (κ1) is 21.6. The molecule has 2 N–H and O–H groups in total. The molecular formula is C23H27NO6. The van der Waals surface area contributed by atoms with Gasteiger partial charge < -0.3 is 19.9 Å². The van der Waals surface area contributed by atoms with Gasteiger partial charge in [0, 0.05) is 22.9 Å². The molecule has 0 radical (unpaired) electrons. The highest BCUT2D eigenvalue weighted by atomic mass is 16.5. The second-order valence-electron chi connectivity index (χ2n) is 7.77. The Balaban J connectivity index is 2.16. The standard InChI is InChI=1S/C23H27NO6/c1-5-9-30-23(28)18-13(3)24-16-10-12(2)17(22(27)29-4)21(26)20(16)19(18)14-7-6-8-15(25)11-14/h6-8,11-12,17,19,24-25H,5,9-10H2,1-4H3/t12-,17+,19+/m1/s1. The zero-order valence-corrected chi connectivity index (χ0v) is 17.7. The quantitative estimate of drug-likeness (QED) is 0.565. The molecule has 0 unspecified atom stereocenters. The van der Waals surface area contributed by atoms with Crippen molar-refractivity contribution in [3.05, 3.63) is 52.4 Å². The molecule has 7 nitrogen and oxygen atoms in total. The number of hydrogen-bond donors (Lipinski definition) is 2. The molecule has 7 heteroatoms. The van der Waals surface area contributed by atoms with Crippen molar-refractivity contribution in [2.24, 2.45) is 11.8 Å². The Labute approximate surface area is 175 Å².